The molecule has 0 saturated heterocycles. The molecule has 2 N–H and O–H groups in total. The number of fused-ring (bicyclic) bond motifs is 1. The molecule has 118 valence electrons. The van der Waals surface area contributed by atoms with Crippen LogP contribution in [-0.2, 0) is 0 Å². The van der Waals surface area contributed by atoms with Gasteiger partial charge in [-0.2, -0.15) is 5.11 Å². The summed E-state index contributed by atoms with van der Waals surface area (Å²) in [6.45, 7) is 0. The molecule has 0 amide bonds. The number of nitrogens with one attached hydrogen (secondary N) is 2. The number of guanidine groups is 1. The lowest BCUT2D eigenvalue weighted by atomic mass is 10.1. The van der Waals surface area contributed by atoms with Crippen molar-refractivity contribution in [1.29, 1.82) is 5.41 Å². The molecule has 1 heterocycles. The predicted octanol–water partition coefficient (Wildman–Crippen LogP) is 6.14. The molecule has 0 radical (unpaired) electrons. The average molecular weight is 410 g/mol. The highest BCUT2D eigenvalue weighted by atomic mass is 79.9. The Morgan fingerprint density at radius 1 is 1.26 bits per heavy atom. The zero-order valence-electron chi connectivity index (χ0n) is 12.1. The summed E-state index contributed by atoms with van der Waals surface area (Å²) in [5.74, 6) is 1.01. The number of halogens is 2. The van der Waals surface area contributed by atoms with E-state index in [-0.39, 0.29) is 12.0 Å². The highest BCUT2D eigenvalue weighted by Crippen LogP contribution is 2.39. The SMILES string of the molecule is N=C(N=NC1CCSc2ccc(Cl)cc21)Nc1ccc(Br)cc1. The quantitative estimate of drug-likeness (QED) is 0.355. The van der Waals surface area contributed by atoms with Crippen molar-refractivity contribution in [2.24, 2.45) is 10.2 Å². The maximum absolute atomic E-state index is 7.91. The molecule has 2 aromatic rings. The number of nitrogens with zero attached hydrogens (tertiary/aromatic N) is 2. The number of hydrogen-bond acceptors (Lipinski definition) is 3. The molecular weight excluding hydrogens is 396 g/mol. The van der Waals surface area contributed by atoms with Crippen LogP contribution in [0.1, 0.15) is 18.0 Å². The fraction of sp³-hybridized carbons (Fsp3) is 0.188. The Hall–Kier alpha value is -1.37. The van der Waals surface area contributed by atoms with Gasteiger partial charge in [-0.1, -0.05) is 27.5 Å². The van der Waals surface area contributed by atoms with Crippen LogP contribution in [0, 0.1) is 5.41 Å². The van der Waals surface area contributed by atoms with Gasteiger partial charge >= 0.3 is 0 Å². The van der Waals surface area contributed by atoms with Gasteiger partial charge in [0.2, 0.25) is 5.96 Å². The lowest BCUT2D eigenvalue weighted by Crippen LogP contribution is -2.09. The summed E-state index contributed by atoms with van der Waals surface area (Å²) < 4.78 is 0.990. The molecule has 1 aliphatic heterocycles. The first-order valence-electron chi connectivity index (χ1n) is 7.06. The van der Waals surface area contributed by atoms with Gasteiger partial charge in [-0.05, 0) is 54.4 Å². The summed E-state index contributed by atoms with van der Waals surface area (Å²) in [5, 5.41) is 19.9. The smallest absolute Gasteiger partial charge is 0.239 e. The molecule has 0 aromatic heterocycles. The van der Waals surface area contributed by atoms with E-state index in [4.69, 9.17) is 17.0 Å². The van der Waals surface area contributed by atoms with Crippen LogP contribution in [0.2, 0.25) is 5.02 Å². The van der Waals surface area contributed by atoms with Crippen molar-refractivity contribution in [3.8, 4) is 0 Å². The fourth-order valence-corrected chi connectivity index (χ4v) is 3.82. The molecule has 1 unspecified atom stereocenters. The van der Waals surface area contributed by atoms with Crippen LogP contribution in [-0.4, -0.2) is 11.7 Å². The summed E-state index contributed by atoms with van der Waals surface area (Å²) in [4.78, 5) is 1.19. The van der Waals surface area contributed by atoms with E-state index in [1.807, 2.05) is 42.5 Å². The Labute approximate surface area is 152 Å². The molecule has 0 bridgehead atoms. The fourth-order valence-electron chi connectivity index (χ4n) is 2.29. The minimum absolute atomic E-state index is 0.0223. The Kier molecular flexibility index (Phi) is 5.35. The summed E-state index contributed by atoms with van der Waals surface area (Å²) in [5.41, 5.74) is 1.90. The highest BCUT2D eigenvalue weighted by molar-refractivity contribution is 9.10. The van der Waals surface area contributed by atoms with E-state index < -0.39 is 0 Å². The molecular formula is C16H14BrClN4S. The molecule has 7 heteroatoms. The van der Waals surface area contributed by atoms with Crippen LogP contribution < -0.4 is 5.32 Å². The van der Waals surface area contributed by atoms with Crippen LogP contribution in [0.15, 0.2) is 62.1 Å². The zero-order valence-corrected chi connectivity index (χ0v) is 15.3. The molecule has 0 spiro atoms. The standard InChI is InChI=1S/C16H14BrClN4S/c17-10-1-4-12(5-2-10)20-16(19)22-21-14-7-8-23-15-6-3-11(18)9-13(14)15/h1-6,9,14H,7-8H2,(H2,19,20). The van der Waals surface area contributed by atoms with E-state index >= 15 is 0 Å². The van der Waals surface area contributed by atoms with Crippen molar-refractivity contribution in [2.45, 2.75) is 17.4 Å². The lowest BCUT2D eigenvalue weighted by Gasteiger charge is -2.21. The Morgan fingerprint density at radius 2 is 2.04 bits per heavy atom. The monoisotopic (exact) mass is 408 g/mol. The number of rotatable bonds is 2. The van der Waals surface area contributed by atoms with Crippen molar-refractivity contribution in [3.05, 3.63) is 57.5 Å². The molecule has 3 rings (SSSR count). The predicted molar refractivity (Wildman–Crippen MR) is 99.9 cm³/mol. The highest BCUT2D eigenvalue weighted by Gasteiger charge is 2.20. The minimum atomic E-state index is -0.0444. The number of hydrogen-bond donors (Lipinski definition) is 2. The minimum Gasteiger partial charge on any atom is -0.323 e. The molecule has 1 atom stereocenters. The van der Waals surface area contributed by atoms with E-state index in [1.165, 1.54) is 4.90 Å². The number of anilines is 1. The third-order valence-electron chi connectivity index (χ3n) is 3.38. The van der Waals surface area contributed by atoms with Gasteiger partial charge < -0.3 is 5.32 Å². The van der Waals surface area contributed by atoms with Crippen LogP contribution in [0.5, 0.6) is 0 Å². The van der Waals surface area contributed by atoms with E-state index in [0.29, 0.717) is 5.02 Å². The number of azo groups is 1. The second-order valence-electron chi connectivity index (χ2n) is 5.03. The van der Waals surface area contributed by atoms with Gasteiger partial charge in [0.1, 0.15) is 0 Å². The second kappa shape index (κ2) is 7.47. The largest absolute Gasteiger partial charge is 0.323 e. The third-order valence-corrected chi connectivity index (χ3v) is 5.27. The van der Waals surface area contributed by atoms with Crippen LogP contribution in [0.25, 0.3) is 0 Å². The Balaban J connectivity index is 1.70. The first kappa shape index (κ1) is 16.5. The maximum atomic E-state index is 7.91. The summed E-state index contributed by atoms with van der Waals surface area (Å²) in [6.07, 6.45) is 0.896. The van der Waals surface area contributed by atoms with Gasteiger partial charge in [0.05, 0.1) is 6.04 Å². The molecule has 2 aromatic carbocycles. The summed E-state index contributed by atoms with van der Waals surface area (Å²) >= 11 is 11.3. The number of thioether (sulfide) groups is 1. The third kappa shape index (κ3) is 4.34. The van der Waals surface area contributed by atoms with E-state index in [0.717, 1.165) is 27.9 Å². The van der Waals surface area contributed by atoms with Crippen LogP contribution >= 0.6 is 39.3 Å². The van der Waals surface area contributed by atoms with E-state index in [1.54, 1.807) is 11.8 Å². The van der Waals surface area contributed by atoms with Crippen molar-refractivity contribution >= 4 is 50.9 Å². The van der Waals surface area contributed by atoms with Crippen molar-refractivity contribution in [2.75, 3.05) is 11.1 Å². The van der Waals surface area contributed by atoms with Gasteiger partial charge in [0.15, 0.2) is 0 Å². The second-order valence-corrected chi connectivity index (χ2v) is 7.52. The first-order chi connectivity index (χ1) is 11.1. The number of benzene rings is 2. The summed E-state index contributed by atoms with van der Waals surface area (Å²) in [6, 6.07) is 13.4. The molecule has 0 aliphatic carbocycles. The maximum Gasteiger partial charge on any atom is 0.239 e. The molecule has 23 heavy (non-hydrogen) atoms. The average Bonchev–Trinajstić information content (AvgIpc) is 2.55. The van der Waals surface area contributed by atoms with Crippen molar-refractivity contribution < 1.29 is 0 Å². The normalized spacial score (nSPS) is 17.0. The molecule has 0 fully saturated rings. The van der Waals surface area contributed by atoms with Gasteiger partial charge in [-0.15, -0.1) is 16.9 Å². The summed E-state index contributed by atoms with van der Waals surface area (Å²) in [7, 11) is 0. The van der Waals surface area contributed by atoms with Crippen LogP contribution in [0.4, 0.5) is 5.69 Å². The van der Waals surface area contributed by atoms with Gasteiger partial charge in [0, 0.05) is 25.8 Å². The zero-order chi connectivity index (χ0) is 16.2. The lowest BCUT2D eigenvalue weighted by molar-refractivity contribution is 0.651. The Morgan fingerprint density at radius 3 is 2.83 bits per heavy atom. The topological polar surface area (TPSA) is 60.6 Å². The molecule has 1 aliphatic rings. The van der Waals surface area contributed by atoms with Crippen LogP contribution in [0.3, 0.4) is 0 Å². The van der Waals surface area contributed by atoms with Gasteiger partial charge in [-0.3, -0.25) is 5.41 Å². The first-order valence-corrected chi connectivity index (χ1v) is 9.22. The molecule has 4 nitrogen and oxygen atoms in total. The van der Waals surface area contributed by atoms with Gasteiger partial charge in [0.25, 0.3) is 0 Å². The van der Waals surface area contributed by atoms with Gasteiger partial charge in [-0.25, -0.2) is 0 Å². The van der Waals surface area contributed by atoms with Crippen molar-refractivity contribution in [1.82, 2.24) is 0 Å². The van der Waals surface area contributed by atoms with Crippen molar-refractivity contribution in [3.63, 3.8) is 0 Å². The molecule has 0 saturated carbocycles. The Bertz CT molecular complexity index is 748. The van der Waals surface area contributed by atoms with E-state index in [9.17, 15) is 0 Å². The van der Waals surface area contributed by atoms with E-state index in [2.05, 4.69) is 31.5 Å².